The normalized spacial score (nSPS) is 16.2. The van der Waals surface area contributed by atoms with Crippen LogP contribution in [-0.4, -0.2) is 73.2 Å². The maximum Gasteiger partial charge on any atom is 0.264 e. The first-order chi connectivity index (χ1) is 32.4. The van der Waals surface area contributed by atoms with Gasteiger partial charge in [-0.1, -0.05) is 98.8 Å². The summed E-state index contributed by atoms with van der Waals surface area (Å²) in [5, 5.41) is 4.51. The number of benzene rings is 5. The van der Waals surface area contributed by atoms with Gasteiger partial charge in [0.25, 0.3) is 20.2 Å². The van der Waals surface area contributed by atoms with Crippen molar-refractivity contribution >= 4 is 64.7 Å². The van der Waals surface area contributed by atoms with Gasteiger partial charge in [-0.2, -0.15) is 21.4 Å². The number of carbonyl (C=O) groups excluding carboxylic acids is 1. The van der Waals surface area contributed by atoms with Gasteiger partial charge in [-0.25, -0.2) is 0 Å². The number of hydrogen-bond acceptors (Lipinski definition) is 7. The van der Waals surface area contributed by atoms with Crippen LogP contribution >= 0.6 is 0 Å². The summed E-state index contributed by atoms with van der Waals surface area (Å²) in [6.07, 6.45) is 17.8. The molecular weight excluding hydrogens is 893 g/mol. The van der Waals surface area contributed by atoms with Crippen molar-refractivity contribution in [3.8, 4) is 5.75 Å². The summed E-state index contributed by atoms with van der Waals surface area (Å²) < 4.78 is 73.8. The lowest BCUT2D eigenvalue weighted by atomic mass is 9.79. The van der Waals surface area contributed by atoms with Gasteiger partial charge < -0.3 is 9.64 Å². The fourth-order valence-corrected chi connectivity index (χ4v) is 11.3. The zero-order valence-electron chi connectivity index (χ0n) is 40.0. The number of unbranched alkanes of at least 4 members (excludes halogenated alkanes) is 4. The number of Topliss-reactive ketones (excluding diaryl/α,β-unsaturated/α-hetero) is 1. The van der Waals surface area contributed by atoms with Gasteiger partial charge in [0.05, 0.1) is 23.5 Å². The third-order valence-corrected chi connectivity index (χ3v) is 15.1. The lowest BCUT2D eigenvalue weighted by molar-refractivity contribution is -0.438. The Hall–Kier alpha value is -5.40. The molecule has 5 aromatic rings. The molecule has 0 spiro atoms. The van der Waals surface area contributed by atoms with Crippen molar-refractivity contribution < 1.29 is 40.0 Å². The van der Waals surface area contributed by atoms with E-state index in [0.717, 1.165) is 82.4 Å². The highest BCUT2D eigenvalue weighted by molar-refractivity contribution is 7.86. The molecule has 7 rings (SSSR count). The standard InChI is InChI=1S/C56H66N2O8S2/c1-55(2)51(57(36-15-18-39-67(60,61)62)49-34-31-43-24-13-14-27-47(43)53(49)55)28-11-6-12-29-52-56(3,4)54-48-41-46(33-30-44(48)32-35-50(54)58(52)37-16-19-40-68(63,64)65)66-38-17-7-10-25-45(59)26-20-23-42-21-8-5-9-22-42/h5-6,8-9,11-14,21-22,24,27-35,41H,7,10,15-20,23,25-26,36-40H2,1-4H3,(H-,60,61,62,63,64,65)/p+1. The number of anilines is 1. The predicted octanol–water partition coefficient (Wildman–Crippen LogP) is 12.0. The average molecular weight is 960 g/mol. The highest BCUT2D eigenvalue weighted by Gasteiger charge is 2.45. The minimum absolute atomic E-state index is 0.276. The fourth-order valence-electron chi connectivity index (χ4n) is 10.2. The smallest absolute Gasteiger partial charge is 0.264 e. The molecule has 10 nitrogen and oxygen atoms in total. The maximum atomic E-state index is 12.5. The summed E-state index contributed by atoms with van der Waals surface area (Å²) in [4.78, 5) is 14.8. The first-order valence-electron chi connectivity index (χ1n) is 24.1. The Morgan fingerprint density at radius 1 is 0.662 bits per heavy atom. The number of carbonyl (C=O) groups is 1. The third-order valence-electron chi connectivity index (χ3n) is 13.5. The molecular formula is C56H67N2O8S2+. The quantitative estimate of drug-likeness (QED) is 0.0268. The van der Waals surface area contributed by atoms with Crippen LogP contribution in [0, 0.1) is 0 Å². The summed E-state index contributed by atoms with van der Waals surface area (Å²) >= 11 is 0. The van der Waals surface area contributed by atoms with E-state index in [0.29, 0.717) is 64.0 Å². The van der Waals surface area contributed by atoms with Crippen molar-refractivity contribution in [1.82, 2.24) is 0 Å². The van der Waals surface area contributed by atoms with Gasteiger partial charge in [-0.05, 0) is 128 Å². The molecule has 5 aromatic carbocycles. The first-order valence-corrected chi connectivity index (χ1v) is 27.3. The van der Waals surface area contributed by atoms with Crippen LogP contribution in [0.4, 0.5) is 11.4 Å². The SMILES string of the molecule is CC1(C)C(=CC=CC=CC2=[N+](CCCCS(=O)(=O)O)c3ccc4ccc(OCCCCCC(=O)CCCc5ccccc5)cc4c3C2(C)C)N(CCCCS(=O)(=O)O)c2ccc3ccccc3c21. The molecule has 2 N–H and O–H groups in total. The number of hydrogen-bond donors (Lipinski definition) is 2. The van der Waals surface area contributed by atoms with E-state index in [4.69, 9.17) is 4.74 Å². The van der Waals surface area contributed by atoms with Gasteiger partial charge in [0.2, 0.25) is 5.69 Å². The van der Waals surface area contributed by atoms with Crippen LogP contribution in [0.5, 0.6) is 5.75 Å². The Labute approximate surface area is 403 Å². The molecule has 0 saturated carbocycles. The molecule has 68 heavy (non-hydrogen) atoms. The molecule has 2 heterocycles. The lowest BCUT2D eigenvalue weighted by Gasteiger charge is -2.27. The van der Waals surface area contributed by atoms with Gasteiger partial charge in [0.1, 0.15) is 18.1 Å². The number of nitrogens with zero attached hydrogens (tertiary/aromatic N) is 2. The number of rotatable bonds is 24. The minimum atomic E-state index is -4.08. The van der Waals surface area contributed by atoms with Crippen LogP contribution in [-0.2, 0) is 42.3 Å². The van der Waals surface area contributed by atoms with E-state index in [-0.39, 0.29) is 16.9 Å². The Morgan fingerprint density at radius 3 is 2.10 bits per heavy atom. The monoisotopic (exact) mass is 959 g/mol. The van der Waals surface area contributed by atoms with Crippen LogP contribution in [0.25, 0.3) is 21.5 Å². The summed E-state index contributed by atoms with van der Waals surface area (Å²) in [6.45, 7) is 10.6. The molecule has 0 amide bonds. The van der Waals surface area contributed by atoms with Gasteiger partial charge in [0, 0.05) is 60.3 Å². The number of ether oxygens (including phenoxy) is 1. The lowest BCUT2D eigenvalue weighted by Crippen LogP contribution is -2.28. The Kier molecular flexibility index (Phi) is 16.3. The molecule has 2 aliphatic rings. The number of aryl methyl sites for hydroxylation is 1. The van der Waals surface area contributed by atoms with E-state index in [1.807, 2.05) is 48.6 Å². The Morgan fingerprint density at radius 2 is 1.34 bits per heavy atom. The summed E-state index contributed by atoms with van der Waals surface area (Å²) in [7, 11) is -8.13. The van der Waals surface area contributed by atoms with Gasteiger partial charge in [-0.3, -0.25) is 13.9 Å². The van der Waals surface area contributed by atoms with Gasteiger partial charge >= 0.3 is 0 Å². The largest absolute Gasteiger partial charge is 0.494 e. The second kappa shape index (κ2) is 21.9. The second-order valence-electron chi connectivity index (χ2n) is 19.3. The molecule has 2 aliphatic heterocycles. The van der Waals surface area contributed by atoms with Gasteiger partial charge in [-0.15, -0.1) is 0 Å². The van der Waals surface area contributed by atoms with Crippen molar-refractivity contribution in [3.63, 3.8) is 0 Å². The highest BCUT2D eigenvalue weighted by atomic mass is 32.2. The molecule has 0 saturated heterocycles. The topological polar surface area (TPSA) is 141 Å². The fraction of sp³-hybridized carbons (Fsp3) is 0.393. The van der Waals surface area contributed by atoms with Crippen LogP contribution in [0.1, 0.15) is 109 Å². The van der Waals surface area contributed by atoms with Crippen molar-refractivity contribution in [3.05, 3.63) is 150 Å². The number of fused-ring (bicyclic) bond motifs is 6. The highest BCUT2D eigenvalue weighted by Crippen LogP contribution is 2.51. The van der Waals surface area contributed by atoms with Crippen molar-refractivity contribution in [2.24, 2.45) is 0 Å². The summed E-state index contributed by atoms with van der Waals surface area (Å²) in [5.74, 6) is 0.541. The third kappa shape index (κ3) is 12.4. The number of allylic oxidation sites excluding steroid dienone is 6. The first kappa shape index (κ1) is 50.5. The van der Waals surface area contributed by atoms with Crippen molar-refractivity contribution in [2.75, 3.05) is 36.1 Å². The van der Waals surface area contributed by atoms with Crippen LogP contribution in [0.2, 0.25) is 0 Å². The van der Waals surface area contributed by atoms with Crippen LogP contribution in [0.3, 0.4) is 0 Å². The molecule has 0 radical (unpaired) electrons. The predicted molar refractivity (Wildman–Crippen MR) is 277 cm³/mol. The second-order valence-corrected chi connectivity index (χ2v) is 22.4. The zero-order valence-corrected chi connectivity index (χ0v) is 41.6. The zero-order chi connectivity index (χ0) is 48.5. The summed E-state index contributed by atoms with van der Waals surface area (Å²) in [5.41, 5.74) is 7.15. The Bertz CT molecular complexity index is 2970. The van der Waals surface area contributed by atoms with Crippen molar-refractivity contribution in [1.29, 1.82) is 0 Å². The van der Waals surface area contributed by atoms with E-state index in [9.17, 15) is 30.7 Å². The van der Waals surface area contributed by atoms with E-state index < -0.39 is 25.7 Å². The van der Waals surface area contributed by atoms with Crippen molar-refractivity contribution in [2.45, 2.75) is 109 Å². The van der Waals surface area contributed by atoms with E-state index in [1.165, 1.54) is 16.5 Å². The average Bonchev–Trinajstić information content (AvgIpc) is 3.65. The molecule has 0 aliphatic carbocycles. The van der Waals surface area contributed by atoms with Crippen LogP contribution < -0.4 is 9.64 Å². The number of ketones is 1. The maximum absolute atomic E-state index is 12.5. The molecule has 360 valence electrons. The minimum Gasteiger partial charge on any atom is -0.494 e. The van der Waals surface area contributed by atoms with E-state index >= 15 is 0 Å². The molecule has 0 aromatic heterocycles. The molecule has 0 atom stereocenters. The van der Waals surface area contributed by atoms with E-state index in [2.05, 4.69) is 116 Å². The van der Waals surface area contributed by atoms with Crippen LogP contribution in [0.15, 0.2) is 133 Å². The molecule has 12 heteroatoms. The van der Waals surface area contributed by atoms with E-state index in [1.54, 1.807) is 0 Å². The molecule has 0 fully saturated rings. The summed E-state index contributed by atoms with van der Waals surface area (Å²) in [6, 6.07) is 33.4. The molecule has 0 bridgehead atoms. The Balaban J connectivity index is 1.07. The molecule has 0 unspecified atom stereocenters. The van der Waals surface area contributed by atoms with Gasteiger partial charge in [0.15, 0.2) is 5.71 Å².